The average Bonchev–Trinajstić information content (AvgIpc) is 2.86. The summed E-state index contributed by atoms with van der Waals surface area (Å²) in [6, 6.07) is -0.960. The van der Waals surface area contributed by atoms with Crippen LogP contribution in [0, 0.1) is 0 Å². The van der Waals surface area contributed by atoms with E-state index in [0.29, 0.717) is 25.8 Å². The van der Waals surface area contributed by atoms with Crippen LogP contribution in [0.2, 0.25) is 0 Å². The van der Waals surface area contributed by atoms with Crippen molar-refractivity contribution in [3.05, 3.63) is 0 Å². The molecule has 0 saturated carbocycles. The van der Waals surface area contributed by atoms with Crippen molar-refractivity contribution >= 4 is 17.8 Å². The lowest BCUT2D eigenvalue weighted by atomic mass is 10.0. The van der Waals surface area contributed by atoms with Gasteiger partial charge in [0.15, 0.2) is 0 Å². The van der Waals surface area contributed by atoms with Gasteiger partial charge in [0.1, 0.15) is 12.1 Å². The van der Waals surface area contributed by atoms with Crippen LogP contribution in [0.4, 0.5) is 0 Å². The highest BCUT2D eigenvalue weighted by molar-refractivity contribution is 5.91. The summed E-state index contributed by atoms with van der Waals surface area (Å²) in [6.45, 7) is 0.560. The van der Waals surface area contributed by atoms with Crippen LogP contribution < -0.4 is 5.32 Å². The van der Waals surface area contributed by atoms with E-state index in [1.165, 1.54) is 7.11 Å². The van der Waals surface area contributed by atoms with Crippen molar-refractivity contribution in [2.24, 2.45) is 0 Å². The molecule has 0 bridgehead atoms. The van der Waals surface area contributed by atoms with Crippen molar-refractivity contribution in [2.45, 2.75) is 44.2 Å². The van der Waals surface area contributed by atoms with Gasteiger partial charge in [-0.3, -0.25) is 9.59 Å². The molecule has 100 valence electrons. The summed E-state index contributed by atoms with van der Waals surface area (Å²) in [6.07, 6.45) is 3.28. The maximum absolute atomic E-state index is 12.3. The lowest BCUT2D eigenvalue weighted by Gasteiger charge is -2.29. The Hall–Kier alpha value is -1.59. The van der Waals surface area contributed by atoms with Crippen LogP contribution in [0.3, 0.4) is 0 Å². The molecule has 0 aliphatic carbocycles. The largest absolute Gasteiger partial charge is 0.467 e. The number of rotatable bonds is 2. The summed E-state index contributed by atoms with van der Waals surface area (Å²) in [5.41, 5.74) is 0. The second-order valence-corrected chi connectivity index (χ2v) is 4.73. The summed E-state index contributed by atoms with van der Waals surface area (Å²) < 4.78 is 4.70. The molecule has 0 aromatic carbocycles. The van der Waals surface area contributed by atoms with Gasteiger partial charge in [0, 0.05) is 13.0 Å². The van der Waals surface area contributed by atoms with E-state index in [4.69, 9.17) is 4.74 Å². The zero-order chi connectivity index (χ0) is 13.1. The summed E-state index contributed by atoms with van der Waals surface area (Å²) in [5, 5.41) is 2.69. The van der Waals surface area contributed by atoms with Crippen LogP contribution in [0.15, 0.2) is 0 Å². The molecule has 0 unspecified atom stereocenters. The number of ether oxygens (including phenoxy) is 1. The number of amides is 2. The smallest absolute Gasteiger partial charge is 0.328 e. The lowest BCUT2D eigenvalue weighted by molar-refractivity contribution is -0.152. The van der Waals surface area contributed by atoms with Crippen LogP contribution in [-0.4, -0.2) is 48.4 Å². The van der Waals surface area contributed by atoms with E-state index in [2.05, 4.69) is 5.32 Å². The monoisotopic (exact) mass is 254 g/mol. The van der Waals surface area contributed by atoms with Crippen LogP contribution >= 0.6 is 0 Å². The van der Waals surface area contributed by atoms with Gasteiger partial charge in [-0.25, -0.2) is 4.79 Å². The number of likely N-dealkylation sites (tertiary alicyclic amines) is 1. The van der Waals surface area contributed by atoms with Gasteiger partial charge in [-0.1, -0.05) is 0 Å². The predicted octanol–water partition coefficient (Wildman–Crippen LogP) is -0.181. The number of carbonyl (C=O) groups excluding carboxylic acids is 3. The average molecular weight is 254 g/mol. The molecule has 2 aliphatic heterocycles. The van der Waals surface area contributed by atoms with E-state index in [9.17, 15) is 14.4 Å². The summed E-state index contributed by atoms with van der Waals surface area (Å²) >= 11 is 0. The Morgan fingerprint density at radius 3 is 2.78 bits per heavy atom. The van der Waals surface area contributed by atoms with E-state index in [-0.39, 0.29) is 17.8 Å². The number of esters is 1. The van der Waals surface area contributed by atoms with E-state index in [0.717, 1.165) is 12.8 Å². The van der Waals surface area contributed by atoms with E-state index >= 15 is 0 Å². The molecular formula is C12H18N2O4. The van der Waals surface area contributed by atoms with Crippen molar-refractivity contribution in [1.82, 2.24) is 10.2 Å². The second kappa shape index (κ2) is 5.37. The molecule has 0 radical (unpaired) electrons. The third kappa shape index (κ3) is 2.47. The molecule has 0 aromatic heterocycles. The van der Waals surface area contributed by atoms with Gasteiger partial charge in [-0.2, -0.15) is 0 Å². The fourth-order valence-corrected chi connectivity index (χ4v) is 2.60. The second-order valence-electron chi connectivity index (χ2n) is 4.73. The zero-order valence-corrected chi connectivity index (χ0v) is 10.5. The first-order chi connectivity index (χ1) is 8.63. The summed E-state index contributed by atoms with van der Waals surface area (Å²) in [4.78, 5) is 36.7. The number of carbonyl (C=O) groups is 3. The van der Waals surface area contributed by atoms with Gasteiger partial charge >= 0.3 is 5.97 Å². The molecule has 2 rings (SSSR count). The van der Waals surface area contributed by atoms with E-state index in [1.54, 1.807) is 4.90 Å². The van der Waals surface area contributed by atoms with Crippen molar-refractivity contribution in [2.75, 3.05) is 13.7 Å². The standard InChI is InChI=1S/C12H18N2O4/c1-18-12(17)9-5-3-7-14(9)11(16)8-4-2-6-10(15)13-8/h8-9H,2-7H2,1H3,(H,13,15)/t8-,9-/m0/s1. The van der Waals surface area contributed by atoms with Crippen LogP contribution in [0.1, 0.15) is 32.1 Å². The first-order valence-electron chi connectivity index (χ1n) is 6.31. The minimum Gasteiger partial charge on any atom is -0.467 e. The molecule has 6 nitrogen and oxygen atoms in total. The fraction of sp³-hybridized carbons (Fsp3) is 0.750. The molecule has 2 atom stereocenters. The van der Waals surface area contributed by atoms with Crippen molar-refractivity contribution in [1.29, 1.82) is 0 Å². The maximum atomic E-state index is 12.3. The highest BCUT2D eigenvalue weighted by atomic mass is 16.5. The topological polar surface area (TPSA) is 75.7 Å². The Morgan fingerprint density at radius 2 is 2.11 bits per heavy atom. The minimum atomic E-state index is -0.485. The van der Waals surface area contributed by atoms with Gasteiger partial charge in [-0.05, 0) is 25.7 Å². The van der Waals surface area contributed by atoms with Gasteiger partial charge in [0.2, 0.25) is 11.8 Å². The minimum absolute atomic E-state index is 0.0894. The van der Waals surface area contributed by atoms with Crippen molar-refractivity contribution < 1.29 is 19.1 Å². The third-order valence-electron chi connectivity index (χ3n) is 3.54. The highest BCUT2D eigenvalue weighted by Gasteiger charge is 2.38. The zero-order valence-electron chi connectivity index (χ0n) is 10.5. The van der Waals surface area contributed by atoms with Gasteiger partial charge in [0.05, 0.1) is 7.11 Å². The van der Waals surface area contributed by atoms with Crippen molar-refractivity contribution in [3.63, 3.8) is 0 Å². The number of piperidine rings is 1. The molecular weight excluding hydrogens is 236 g/mol. The molecule has 2 amide bonds. The number of nitrogens with zero attached hydrogens (tertiary/aromatic N) is 1. The number of hydrogen-bond acceptors (Lipinski definition) is 4. The molecule has 2 saturated heterocycles. The fourth-order valence-electron chi connectivity index (χ4n) is 2.60. The molecule has 18 heavy (non-hydrogen) atoms. The van der Waals surface area contributed by atoms with Crippen molar-refractivity contribution in [3.8, 4) is 0 Å². The number of hydrogen-bond donors (Lipinski definition) is 1. The first kappa shape index (κ1) is 12.9. The first-order valence-corrected chi connectivity index (χ1v) is 6.31. The highest BCUT2D eigenvalue weighted by Crippen LogP contribution is 2.21. The Bertz CT molecular complexity index is 369. The Morgan fingerprint density at radius 1 is 1.33 bits per heavy atom. The Balaban J connectivity index is 2.03. The van der Waals surface area contributed by atoms with Crippen LogP contribution in [-0.2, 0) is 19.1 Å². The molecule has 0 spiro atoms. The Labute approximate surface area is 106 Å². The van der Waals surface area contributed by atoms with Gasteiger partial charge in [-0.15, -0.1) is 0 Å². The SMILES string of the molecule is COC(=O)[C@@H]1CCCN1C(=O)[C@@H]1CCCC(=O)N1. The number of methoxy groups -OCH3 is 1. The molecule has 2 aliphatic rings. The Kier molecular flexibility index (Phi) is 3.84. The van der Waals surface area contributed by atoms with Crippen LogP contribution in [0.25, 0.3) is 0 Å². The van der Waals surface area contributed by atoms with E-state index in [1.807, 2.05) is 0 Å². The molecule has 1 N–H and O–H groups in total. The quantitative estimate of drug-likeness (QED) is 0.694. The molecule has 2 fully saturated rings. The molecule has 0 aromatic rings. The van der Waals surface area contributed by atoms with Crippen LogP contribution in [0.5, 0.6) is 0 Å². The molecule has 2 heterocycles. The predicted molar refractivity (Wildman–Crippen MR) is 62.5 cm³/mol. The lowest BCUT2D eigenvalue weighted by Crippen LogP contribution is -2.53. The summed E-state index contributed by atoms with van der Waals surface area (Å²) in [7, 11) is 1.33. The number of nitrogens with one attached hydrogen (secondary N) is 1. The maximum Gasteiger partial charge on any atom is 0.328 e. The third-order valence-corrected chi connectivity index (χ3v) is 3.54. The normalized spacial score (nSPS) is 27.8. The molecule has 6 heteroatoms. The van der Waals surface area contributed by atoms with Gasteiger partial charge in [0.25, 0.3) is 0 Å². The summed E-state index contributed by atoms with van der Waals surface area (Å²) in [5.74, 6) is -0.618. The van der Waals surface area contributed by atoms with Gasteiger partial charge < -0.3 is 15.0 Å². The van der Waals surface area contributed by atoms with E-state index < -0.39 is 12.1 Å².